The van der Waals surface area contributed by atoms with E-state index in [0.29, 0.717) is 5.75 Å². The summed E-state index contributed by atoms with van der Waals surface area (Å²) in [5, 5.41) is 0. The minimum Gasteiger partial charge on any atom is -0.224 e. The number of hydrogen-bond acceptors (Lipinski definition) is 5. The topological polar surface area (TPSA) is 80.3 Å². The van der Waals surface area contributed by atoms with Crippen molar-refractivity contribution in [1.82, 2.24) is 4.72 Å². The van der Waals surface area contributed by atoms with Crippen LogP contribution in [-0.2, 0) is 19.9 Å². The van der Waals surface area contributed by atoms with Crippen LogP contribution in [0.5, 0.6) is 0 Å². The molecule has 0 spiro atoms. The van der Waals surface area contributed by atoms with Crippen molar-refractivity contribution in [2.24, 2.45) is 0 Å². The van der Waals surface area contributed by atoms with E-state index < -0.39 is 30.6 Å². The summed E-state index contributed by atoms with van der Waals surface area (Å²) in [5.74, 6) is 0.401. The predicted octanol–water partition coefficient (Wildman–Crippen LogP) is 1.65. The molecule has 1 N–H and O–H groups in total. The van der Waals surface area contributed by atoms with Crippen LogP contribution in [0.2, 0.25) is 0 Å². The minimum atomic E-state index is -4.11. The average Bonchev–Trinajstić information content (AvgIpc) is 2.34. The van der Waals surface area contributed by atoms with Gasteiger partial charge in [0.25, 0.3) is 0 Å². The summed E-state index contributed by atoms with van der Waals surface area (Å²) in [6.07, 6.45) is 0.935. The van der Waals surface area contributed by atoms with Crippen LogP contribution < -0.4 is 4.72 Å². The van der Waals surface area contributed by atoms with Gasteiger partial charge in [-0.25, -0.2) is 25.9 Å². The Bertz CT molecular complexity index is 701. The van der Waals surface area contributed by atoms with Gasteiger partial charge in [0.2, 0.25) is 10.0 Å². The van der Waals surface area contributed by atoms with Crippen molar-refractivity contribution in [3.05, 3.63) is 24.0 Å². The fourth-order valence-corrected chi connectivity index (χ4v) is 4.42. The predicted molar refractivity (Wildman–Crippen MR) is 82.3 cm³/mol. The molecule has 1 unspecified atom stereocenters. The minimum absolute atomic E-state index is 0.236. The maximum atomic E-state index is 13.7. The van der Waals surface area contributed by atoms with Crippen molar-refractivity contribution < 1.29 is 21.2 Å². The van der Waals surface area contributed by atoms with Gasteiger partial charge in [-0.1, -0.05) is 6.92 Å². The zero-order valence-corrected chi connectivity index (χ0v) is 14.4. The van der Waals surface area contributed by atoms with Gasteiger partial charge in [0, 0.05) is 18.1 Å². The Hall–Kier alpha value is -0.640. The largest absolute Gasteiger partial charge is 0.243 e. The summed E-state index contributed by atoms with van der Waals surface area (Å²) in [5.41, 5.74) is 0. The summed E-state index contributed by atoms with van der Waals surface area (Å²) in [4.78, 5) is -0.890. The second-order valence-corrected chi connectivity index (χ2v) is 9.56. The lowest BCUT2D eigenvalue weighted by Gasteiger charge is -2.14. The lowest BCUT2D eigenvalue weighted by molar-refractivity contribution is 0.548. The highest BCUT2D eigenvalue weighted by Gasteiger charge is 2.23. The Kier molecular flexibility index (Phi) is 6.21. The molecule has 1 aromatic rings. The van der Waals surface area contributed by atoms with Crippen LogP contribution >= 0.6 is 11.8 Å². The number of sulfonamides is 1. The van der Waals surface area contributed by atoms with Crippen molar-refractivity contribution in [2.75, 3.05) is 17.8 Å². The molecule has 1 atom stereocenters. The highest BCUT2D eigenvalue weighted by molar-refractivity contribution is 7.99. The van der Waals surface area contributed by atoms with Gasteiger partial charge in [-0.2, -0.15) is 11.8 Å². The summed E-state index contributed by atoms with van der Waals surface area (Å²) in [7, 11) is -7.71. The van der Waals surface area contributed by atoms with Crippen molar-refractivity contribution in [3.63, 3.8) is 0 Å². The van der Waals surface area contributed by atoms with Gasteiger partial charge in [-0.3, -0.25) is 0 Å². The molecule has 0 fully saturated rings. The monoisotopic (exact) mass is 355 g/mol. The van der Waals surface area contributed by atoms with Gasteiger partial charge < -0.3 is 0 Å². The molecule has 0 aliphatic rings. The first-order chi connectivity index (χ1) is 9.58. The van der Waals surface area contributed by atoms with E-state index in [9.17, 15) is 21.2 Å². The SMILES string of the molecule is CCSCC(C)NS(=O)(=O)c1cc(S(C)(=O)=O)ccc1F. The number of sulfone groups is 1. The number of nitrogens with one attached hydrogen (secondary N) is 1. The molecule has 0 bridgehead atoms. The zero-order chi connectivity index (χ0) is 16.3. The fourth-order valence-electron chi connectivity index (χ4n) is 1.58. The van der Waals surface area contributed by atoms with Crippen molar-refractivity contribution in [1.29, 1.82) is 0 Å². The van der Waals surface area contributed by atoms with Crippen LogP contribution in [0.3, 0.4) is 0 Å². The number of halogens is 1. The molecule has 0 aliphatic carbocycles. The first-order valence-corrected chi connectivity index (χ1v) is 10.7. The molecule has 0 radical (unpaired) electrons. The summed E-state index contributed by atoms with van der Waals surface area (Å²) < 4.78 is 63.3. The van der Waals surface area contributed by atoms with Gasteiger partial charge in [-0.15, -0.1) is 0 Å². The fraction of sp³-hybridized carbons (Fsp3) is 0.500. The summed E-state index contributed by atoms with van der Waals surface area (Å²) >= 11 is 1.55. The third kappa shape index (κ3) is 5.24. The Labute approximate surface area is 129 Å². The summed E-state index contributed by atoms with van der Waals surface area (Å²) in [6.45, 7) is 3.61. The number of thioether (sulfide) groups is 1. The van der Waals surface area contributed by atoms with Crippen LogP contribution in [0.25, 0.3) is 0 Å². The van der Waals surface area contributed by atoms with Gasteiger partial charge in [0.15, 0.2) is 9.84 Å². The van der Waals surface area contributed by atoms with E-state index in [0.717, 1.165) is 30.2 Å². The zero-order valence-electron chi connectivity index (χ0n) is 12.0. The molecular weight excluding hydrogens is 337 g/mol. The number of benzene rings is 1. The van der Waals surface area contributed by atoms with Crippen LogP contribution in [-0.4, -0.2) is 40.6 Å². The van der Waals surface area contributed by atoms with E-state index in [4.69, 9.17) is 0 Å². The Morgan fingerprint density at radius 2 is 1.90 bits per heavy atom. The van der Waals surface area contributed by atoms with Crippen LogP contribution in [0.15, 0.2) is 28.0 Å². The molecule has 5 nitrogen and oxygen atoms in total. The maximum Gasteiger partial charge on any atom is 0.243 e. The van der Waals surface area contributed by atoms with E-state index >= 15 is 0 Å². The molecule has 0 aliphatic heterocycles. The second-order valence-electron chi connectivity index (χ2n) is 4.55. The Morgan fingerprint density at radius 1 is 1.29 bits per heavy atom. The molecule has 1 rings (SSSR count). The summed E-state index contributed by atoms with van der Waals surface area (Å²) in [6, 6.07) is 2.34. The van der Waals surface area contributed by atoms with E-state index in [2.05, 4.69) is 4.72 Å². The third-order valence-corrected chi connectivity index (χ3v) is 6.41. The molecule has 0 saturated carbocycles. The molecule has 0 aromatic heterocycles. The molecule has 9 heteroatoms. The standard InChI is InChI=1S/C12H18FNO4S3/c1-4-19-8-9(2)14-21(17,18)12-7-10(20(3,15)16)5-6-11(12)13/h5-7,9,14H,4,8H2,1-3H3. The maximum absolute atomic E-state index is 13.7. The van der Waals surface area contributed by atoms with Crippen LogP contribution in [0.1, 0.15) is 13.8 Å². The number of rotatable bonds is 7. The lowest BCUT2D eigenvalue weighted by atomic mass is 10.3. The van der Waals surface area contributed by atoms with Gasteiger partial charge in [-0.05, 0) is 30.9 Å². The first kappa shape index (κ1) is 18.4. The van der Waals surface area contributed by atoms with E-state index in [-0.39, 0.29) is 10.9 Å². The molecule has 0 amide bonds. The molecular formula is C12H18FNO4S3. The van der Waals surface area contributed by atoms with Gasteiger partial charge >= 0.3 is 0 Å². The average molecular weight is 355 g/mol. The Morgan fingerprint density at radius 3 is 2.43 bits per heavy atom. The van der Waals surface area contributed by atoms with E-state index in [1.165, 1.54) is 0 Å². The van der Waals surface area contributed by atoms with Crippen molar-refractivity contribution >= 4 is 31.6 Å². The smallest absolute Gasteiger partial charge is 0.224 e. The molecule has 0 saturated heterocycles. The van der Waals surface area contributed by atoms with Crippen molar-refractivity contribution in [2.45, 2.75) is 29.7 Å². The van der Waals surface area contributed by atoms with Crippen LogP contribution in [0, 0.1) is 5.82 Å². The number of hydrogen-bond donors (Lipinski definition) is 1. The molecule has 120 valence electrons. The van der Waals surface area contributed by atoms with Gasteiger partial charge in [0.1, 0.15) is 10.7 Å². The van der Waals surface area contributed by atoms with Crippen molar-refractivity contribution in [3.8, 4) is 0 Å². The second kappa shape index (κ2) is 7.08. The normalized spacial score (nSPS) is 14.1. The first-order valence-electron chi connectivity index (χ1n) is 6.17. The van der Waals surface area contributed by atoms with Gasteiger partial charge in [0.05, 0.1) is 4.90 Å². The van der Waals surface area contributed by atoms with Crippen LogP contribution in [0.4, 0.5) is 4.39 Å². The third-order valence-electron chi connectivity index (χ3n) is 2.55. The highest BCUT2D eigenvalue weighted by atomic mass is 32.2. The lowest BCUT2D eigenvalue weighted by Crippen LogP contribution is -2.34. The molecule has 0 heterocycles. The van der Waals surface area contributed by atoms with E-state index in [1.807, 2.05) is 6.92 Å². The Balaban J connectivity index is 3.14. The highest BCUT2D eigenvalue weighted by Crippen LogP contribution is 2.20. The molecule has 1 aromatic carbocycles. The molecule has 21 heavy (non-hydrogen) atoms. The van der Waals surface area contributed by atoms with E-state index in [1.54, 1.807) is 18.7 Å². The quantitative estimate of drug-likeness (QED) is 0.752.